The topological polar surface area (TPSA) is 74.6 Å². The van der Waals surface area contributed by atoms with E-state index < -0.39 is 5.97 Å². The molecule has 1 fully saturated rings. The molecular weight excluding hydrogens is 328 g/mol. The zero-order valence-electron chi connectivity index (χ0n) is 16.1. The van der Waals surface area contributed by atoms with Crippen LogP contribution < -0.4 is 0 Å². The molecule has 0 aliphatic heterocycles. The van der Waals surface area contributed by atoms with E-state index in [1.165, 1.54) is 19.3 Å². The van der Waals surface area contributed by atoms with Gasteiger partial charge in [0.15, 0.2) is 5.78 Å². The fourth-order valence-corrected chi connectivity index (χ4v) is 3.43. The number of carboxylic acids is 1. The molecule has 146 valence electrons. The van der Waals surface area contributed by atoms with Crippen molar-refractivity contribution in [3.05, 3.63) is 12.2 Å². The summed E-state index contributed by atoms with van der Waals surface area (Å²) in [4.78, 5) is 22.4. The van der Waals surface area contributed by atoms with Crippen molar-refractivity contribution in [2.24, 2.45) is 11.8 Å². The molecule has 0 aromatic heterocycles. The van der Waals surface area contributed by atoms with Crippen LogP contribution in [-0.2, 0) is 9.59 Å². The number of carbonyl (C=O) groups excluding carboxylic acids is 1. The summed E-state index contributed by atoms with van der Waals surface area (Å²) in [6.45, 7) is 2.18. The molecule has 1 saturated carbocycles. The van der Waals surface area contributed by atoms with Crippen LogP contribution in [0, 0.1) is 23.7 Å². The van der Waals surface area contributed by atoms with Gasteiger partial charge in [-0.2, -0.15) is 0 Å². The Morgan fingerprint density at radius 1 is 1.04 bits per heavy atom. The van der Waals surface area contributed by atoms with Crippen LogP contribution in [0.2, 0.25) is 0 Å². The average molecular weight is 363 g/mol. The van der Waals surface area contributed by atoms with Crippen molar-refractivity contribution in [3.8, 4) is 11.8 Å². The maximum atomic E-state index is 12.0. The second-order valence-electron chi connectivity index (χ2n) is 7.27. The second kappa shape index (κ2) is 13.6. The monoisotopic (exact) mass is 362 g/mol. The predicted octanol–water partition coefficient (Wildman–Crippen LogP) is 4.51. The lowest BCUT2D eigenvalue weighted by molar-refractivity contribution is -0.137. The third kappa shape index (κ3) is 9.77. The normalized spacial score (nSPS) is 22.3. The molecule has 1 aliphatic carbocycles. The van der Waals surface area contributed by atoms with Gasteiger partial charge in [0.05, 0.1) is 6.10 Å². The summed E-state index contributed by atoms with van der Waals surface area (Å²) in [6, 6.07) is 0. The highest BCUT2D eigenvalue weighted by atomic mass is 16.4. The second-order valence-corrected chi connectivity index (χ2v) is 7.27. The molecule has 0 aromatic rings. The van der Waals surface area contributed by atoms with Gasteiger partial charge in [-0.25, -0.2) is 0 Å². The Kier molecular flexibility index (Phi) is 11.7. The minimum absolute atomic E-state index is 0.0792. The molecule has 1 aliphatic rings. The molecule has 0 amide bonds. The van der Waals surface area contributed by atoms with Crippen LogP contribution in [0.15, 0.2) is 12.2 Å². The van der Waals surface area contributed by atoms with Gasteiger partial charge in [0.25, 0.3) is 0 Å². The van der Waals surface area contributed by atoms with Gasteiger partial charge in [0.1, 0.15) is 0 Å². The van der Waals surface area contributed by atoms with Gasteiger partial charge in [-0.15, -0.1) is 11.8 Å². The summed E-state index contributed by atoms with van der Waals surface area (Å²) in [7, 11) is 0. The largest absolute Gasteiger partial charge is 0.481 e. The van der Waals surface area contributed by atoms with Crippen LogP contribution in [0.3, 0.4) is 0 Å². The Morgan fingerprint density at radius 3 is 2.54 bits per heavy atom. The number of carboxylic acid groups (broad SMARTS) is 1. The lowest BCUT2D eigenvalue weighted by Crippen LogP contribution is -2.17. The number of ketones is 1. The van der Waals surface area contributed by atoms with Crippen LogP contribution in [0.4, 0.5) is 0 Å². The lowest BCUT2D eigenvalue weighted by Gasteiger charge is -2.16. The predicted molar refractivity (Wildman–Crippen MR) is 104 cm³/mol. The van der Waals surface area contributed by atoms with Gasteiger partial charge >= 0.3 is 5.97 Å². The van der Waals surface area contributed by atoms with Gasteiger partial charge in [0, 0.05) is 31.6 Å². The molecule has 0 radical (unpaired) electrons. The smallest absolute Gasteiger partial charge is 0.303 e. The Labute approximate surface area is 158 Å². The molecule has 1 rings (SSSR count). The van der Waals surface area contributed by atoms with Gasteiger partial charge in [-0.1, -0.05) is 38.7 Å². The summed E-state index contributed by atoms with van der Waals surface area (Å²) < 4.78 is 0. The third-order valence-corrected chi connectivity index (χ3v) is 5.05. The molecule has 4 nitrogen and oxygen atoms in total. The Morgan fingerprint density at radius 2 is 1.81 bits per heavy atom. The van der Waals surface area contributed by atoms with Crippen molar-refractivity contribution < 1.29 is 19.8 Å². The molecule has 0 aromatic carbocycles. The van der Waals surface area contributed by atoms with Crippen LogP contribution in [0.25, 0.3) is 0 Å². The van der Waals surface area contributed by atoms with Gasteiger partial charge < -0.3 is 10.2 Å². The van der Waals surface area contributed by atoms with E-state index in [0.29, 0.717) is 25.7 Å². The molecule has 26 heavy (non-hydrogen) atoms. The standard InChI is InChI=1S/C22H34O4/c1-2-3-4-5-8-11-19(23)16-14-18-15-17-21(24)20(18)12-9-6-7-10-13-22(25)26/h14,16,18,20-21,24H,2-5,7-8,10-13,15,17H2,1H3,(H,25,26)/b16-14+. The van der Waals surface area contributed by atoms with Crippen molar-refractivity contribution >= 4 is 11.8 Å². The molecule has 4 heteroatoms. The molecular formula is C22H34O4. The lowest BCUT2D eigenvalue weighted by atomic mass is 9.91. The van der Waals surface area contributed by atoms with E-state index >= 15 is 0 Å². The van der Waals surface area contributed by atoms with Crippen LogP contribution in [0.1, 0.15) is 84.0 Å². The summed E-state index contributed by atoms with van der Waals surface area (Å²) in [5.74, 6) is 5.76. The highest BCUT2D eigenvalue weighted by Crippen LogP contribution is 2.35. The molecule has 3 atom stereocenters. The fraction of sp³-hybridized carbons (Fsp3) is 0.727. The first kappa shape index (κ1) is 22.4. The number of hydrogen-bond donors (Lipinski definition) is 2. The first-order chi connectivity index (χ1) is 12.5. The average Bonchev–Trinajstić information content (AvgIpc) is 2.95. The number of aliphatic hydroxyl groups excluding tert-OH is 1. The van der Waals surface area contributed by atoms with Crippen molar-refractivity contribution in [1.29, 1.82) is 0 Å². The maximum Gasteiger partial charge on any atom is 0.303 e. The minimum atomic E-state index is -0.793. The zero-order valence-corrected chi connectivity index (χ0v) is 16.1. The highest BCUT2D eigenvalue weighted by molar-refractivity contribution is 5.89. The maximum absolute atomic E-state index is 12.0. The van der Waals surface area contributed by atoms with Crippen LogP contribution in [-0.4, -0.2) is 28.1 Å². The zero-order chi connectivity index (χ0) is 19.2. The summed E-state index contributed by atoms with van der Waals surface area (Å²) in [5, 5.41) is 18.8. The molecule has 0 spiro atoms. The minimum Gasteiger partial charge on any atom is -0.481 e. The summed E-state index contributed by atoms with van der Waals surface area (Å²) in [5.41, 5.74) is 0. The van der Waals surface area contributed by atoms with Gasteiger partial charge in [0.2, 0.25) is 0 Å². The van der Waals surface area contributed by atoms with Crippen molar-refractivity contribution in [2.75, 3.05) is 0 Å². The number of hydrogen-bond acceptors (Lipinski definition) is 3. The molecule has 0 heterocycles. The molecule has 0 bridgehead atoms. The SMILES string of the molecule is CCCCCCCC(=O)/C=C/C1CCC(O)C1CC#CCCCC(=O)O. The number of unbranched alkanes of at least 4 members (excludes halogenated alkanes) is 5. The number of allylic oxidation sites excluding steroid dienone is 2. The highest BCUT2D eigenvalue weighted by Gasteiger charge is 2.32. The number of carbonyl (C=O) groups is 2. The van der Waals surface area contributed by atoms with Gasteiger partial charge in [-0.3, -0.25) is 9.59 Å². The number of aliphatic hydroxyl groups is 1. The first-order valence-corrected chi connectivity index (χ1v) is 10.1. The Hall–Kier alpha value is -1.60. The number of aliphatic carboxylic acids is 1. The van der Waals surface area contributed by atoms with Gasteiger partial charge in [-0.05, 0) is 37.7 Å². The van der Waals surface area contributed by atoms with Crippen molar-refractivity contribution in [3.63, 3.8) is 0 Å². The third-order valence-electron chi connectivity index (χ3n) is 5.05. The Bertz CT molecular complexity index is 512. The van der Waals surface area contributed by atoms with E-state index in [4.69, 9.17) is 5.11 Å². The van der Waals surface area contributed by atoms with Crippen LogP contribution >= 0.6 is 0 Å². The Balaban J connectivity index is 2.34. The first-order valence-electron chi connectivity index (χ1n) is 10.1. The van der Waals surface area contributed by atoms with Crippen LogP contribution in [0.5, 0.6) is 0 Å². The van der Waals surface area contributed by atoms with Crippen molar-refractivity contribution in [1.82, 2.24) is 0 Å². The fourth-order valence-electron chi connectivity index (χ4n) is 3.43. The number of rotatable bonds is 12. The quantitative estimate of drug-likeness (QED) is 0.304. The molecule has 0 saturated heterocycles. The van der Waals surface area contributed by atoms with E-state index in [1.54, 1.807) is 6.08 Å². The molecule has 3 unspecified atom stereocenters. The van der Waals surface area contributed by atoms with Crippen molar-refractivity contribution in [2.45, 2.75) is 90.1 Å². The summed E-state index contributed by atoms with van der Waals surface area (Å²) in [6.07, 6.45) is 13.2. The van der Waals surface area contributed by atoms with E-state index in [0.717, 1.165) is 25.7 Å². The van der Waals surface area contributed by atoms with E-state index in [9.17, 15) is 14.7 Å². The molecule has 2 N–H and O–H groups in total. The van der Waals surface area contributed by atoms with E-state index in [1.807, 2.05) is 6.08 Å². The van der Waals surface area contributed by atoms with E-state index in [-0.39, 0.29) is 30.1 Å². The van der Waals surface area contributed by atoms with E-state index in [2.05, 4.69) is 18.8 Å². The summed E-state index contributed by atoms with van der Waals surface area (Å²) >= 11 is 0.